The second-order valence-electron chi connectivity index (χ2n) is 11.4. The van der Waals surface area contributed by atoms with Gasteiger partial charge in [-0.25, -0.2) is 12.8 Å². The molecule has 12 heteroatoms. The van der Waals surface area contributed by atoms with Gasteiger partial charge < -0.3 is 14.7 Å². The summed E-state index contributed by atoms with van der Waals surface area (Å²) in [5.41, 5.74) is -0.696. The highest BCUT2D eigenvalue weighted by molar-refractivity contribution is 7.93. The van der Waals surface area contributed by atoms with Crippen LogP contribution >= 0.6 is 23.2 Å². The number of ether oxygens (including phenoxy) is 1. The zero-order valence-electron chi connectivity index (χ0n) is 24.2. The van der Waals surface area contributed by atoms with E-state index >= 15 is 4.39 Å². The van der Waals surface area contributed by atoms with Crippen LogP contribution in [0.1, 0.15) is 62.8 Å². The van der Waals surface area contributed by atoms with Crippen LogP contribution in [0.25, 0.3) is 0 Å². The second kappa shape index (κ2) is 12.7. The molecule has 1 aliphatic carbocycles. The minimum Gasteiger partial charge on any atom is -0.481 e. The number of sulfonamides is 1. The Morgan fingerprint density at radius 3 is 2.34 bits per heavy atom. The number of anilines is 1. The first-order valence-electron chi connectivity index (χ1n) is 14.3. The van der Waals surface area contributed by atoms with E-state index in [1.807, 2.05) is 0 Å². The van der Waals surface area contributed by atoms with Gasteiger partial charge in [-0.3, -0.25) is 13.9 Å². The van der Waals surface area contributed by atoms with E-state index in [9.17, 15) is 23.1 Å². The molecule has 0 spiro atoms. The highest BCUT2D eigenvalue weighted by Crippen LogP contribution is 2.48. The van der Waals surface area contributed by atoms with Crippen molar-refractivity contribution in [2.24, 2.45) is 0 Å². The Morgan fingerprint density at radius 1 is 1.07 bits per heavy atom. The van der Waals surface area contributed by atoms with Crippen molar-refractivity contribution in [1.82, 2.24) is 4.90 Å². The van der Waals surface area contributed by atoms with Crippen molar-refractivity contribution >= 4 is 50.8 Å². The SMILES string of the molecule is CC[C@@H](CN(c1ccccc1F)S(=O)(=O)C1CC1)N1C(=O)[C@](C)(CC(=O)O)O[C@H](c2cccc(Cl)c2)[C@H]1c1ccc(Cl)cc1. The van der Waals surface area contributed by atoms with E-state index < -0.39 is 63.2 Å². The Kier molecular flexibility index (Phi) is 9.28. The third-order valence-corrected chi connectivity index (χ3v) is 10.9. The van der Waals surface area contributed by atoms with Gasteiger partial charge >= 0.3 is 5.97 Å². The second-order valence-corrected chi connectivity index (χ2v) is 14.4. The normalized spacial score (nSPS) is 22.9. The summed E-state index contributed by atoms with van der Waals surface area (Å²) in [6, 6.07) is 17.7. The number of benzene rings is 3. The maximum atomic E-state index is 15.2. The molecule has 0 aromatic heterocycles. The lowest BCUT2D eigenvalue weighted by Crippen LogP contribution is -2.62. The minimum atomic E-state index is -3.98. The molecule has 2 fully saturated rings. The van der Waals surface area contributed by atoms with Gasteiger partial charge in [-0.1, -0.05) is 66.5 Å². The van der Waals surface area contributed by atoms with Crippen LogP contribution in [0.3, 0.4) is 0 Å². The molecule has 2 aliphatic rings. The van der Waals surface area contributed by atoms with E-state index in [-0.39, 0.29) is 18.7 Å². The van der Waals surface area contributed by atoms with Crippen molar-refractivity contribution in [2.45, 2.75) is 68.6 Å². The van der Waals surface area contributed by atoms with Crippen molar-refractivity contribution < 1.29 is 32.2 Å². The fraction of sp³-hybridized carbons (Fsp3) is 0.375. The Bertz CT molecular complexity index is 1650. The fourth-order valence-corrected chi connectivity index (χ4v) is 8.03. The van der Waals surface area contributed by atoms with E-state index in [1.165, 1.54) is 30.0 Å². The number of aliphatic carboxylic acids is 1. The largest absolute Gasteiger partial charge is 0.481 e. The van der Waals surface area contributed by atoms with E-state index in [4.69, 9.17) is 27.9 Å². The van der Waals surface area contributed by atoms with Gasteiger partial charge in [0.1, 0.15) is 11.9 Å². The quantitative estimate of drug-likeness (QED) is 0.243. The van der Waals surface area contributed by atoms with Gasteiger partial charge in [0.05, 0.1) is 36.0 Å². The van der Waals surface area contributed by atoms with E-state index in [2.05, 4.69) is 0 Å². The summed E-state index contributed by atoms with van der Waals surface area (Å²) in [5, 5.41) is 10.1. The lowest BCUT2D eigenvalue weighted by Gasteiger charge is -2.52. The molecule has 5 rings (SSSR count). The average molecular weight is 664 g/mol. The zero-order valence-corrected chi connectivity index (χ0v) is 26.5. The molecule has 1 saturated carbocycles. The molecule has 1 saturated heterocycles. The van der Waals surface area contributed by atoms with Gasteiger partial charge in [0, 0.05) is 10.0 Å². The van der Waals surface area contributed by atoms with Crippen LogP contribution in [0.2, 0.25) is 10.0 Å². The highest BCUT2D eigenvalue weighted by Gasteiger charge is 2.54. The molecule has 4 atom stereocenters. The molecule has 1 heterocycles. The Hall–Kier alpha value is -3.18. The van der Waals surface area contributed by atoms with Crippen LogP contribution in [0.5, 0.6) is 0 Å². The van der Waals surface area contributed by atoms with Gasteiger partial charge in [0.15, 0.2) is 5.60 Å². The van der Waals surface area contributed by atoms with Crippen molar-refractivity contribution in [3.8, 4) is 0 Å². The first-order valence-corrected chi connectivity index (χ1v) is 16.6. The van der Waals surface area contributed by atoms with Gasteiger partial charge in [-0.05, 0) is 73.7 Å². The van der Waals surface area contributed by atoms with Crippen LogP contribution < -0.4 is 4.31 Å². The summed E-state index contributed by atoms with van der Waals surface area (Å²) in [6.07, 6.45) is -0.344. The van der Waals surface area contributed by atoms with Crippen molar-refractivity contribution in [3.63, 3.8) is 0 Å². The number of carbonyl (C=O) groups is 2. The molecule has 0 radical (unpaired) electrons. The van der Waals surface area contributed by atoms with Crippen LogP contribution in [-0.2, 0) is 24.3 Å². The number of carbonyl (C=O) groups excluding carboxylic acids is 1. The first-order chi connectivity index (χ1) is 20.9. The molecule has 8 nitrogen and oxygen atoms in total. The van der Waals surface area contributed by atoms with Gasteiger partial charge in [0.2, 0.25) is 10.0 Å². The Labute approximate surface area is 266 Å². The van der Waals surface area contributed by atoms with Crippen LogP contribution in [0, 0.1) is 5.82 Å². The number of carboxylic acids is 1. The summed E-state index contributed by atoms with van der Waals surface area (Å²) in [5.74, 6) is -2.57. The van der Waals surface area contributed by atoms with Gasteiger partial charge in [0.25, 0.3) is 5.91 Å². The monoisotopic (exact) mass is 662 g/mol. The summed E-state index contributed by atoms with van der Waals surface area (Å²) in [7, 11) is -3.98. The standard InChI is InChI=1S/C32H33Cl2FN2O6S/c1-3-24(19-36(44(41,42)25-15-16-25)27-10-5-4-9-26(27)35)37-29(20-11-13-22(33)14-12-20)30(21-7-6-8-23(34)17-21)43-32(2,31(37)40)18-28(38)39/h4-14,17,24-25,29-30H,3,15-16,18-19H2,1-2H3,(H,38,39)/t24-,29+,30+,32-/m0/s1. The van der Waals surface area contributed by atoms with Crippen molar-refractivity contribution in [1.29, 1.82) is 0 Å². The lowest BCUT2D eigenvalue weighted by molar-refractivity contribution is -0.206. The molecule has 234 valence electrons. The molecule has 1 N–H and O–H groups in total. The molecule has 0 unspecified atom stereocenters. The van der Waals surface area contributed by atoms with Crippen LogP contribution in [-0.4, -0.2) is 53.7 Å². The molecule has 0 bridgehead atoms. The smallest absolute Gasteiger partial charge is 0.306 e. The predicted octanol–water partition coefficient (Wildman–Crippen LogP) is 6.78. The average Bonchev–Trinajstić information content (AvgIpc) is 3.83. The lowest BCUT2D eigenvalue weighted by atomic mass is 9.85. The number of rotatable bonds is 11. The predicted molar refractivity (Wildman–Crippen MR) is 167 cm³/mol. The Morgan fingerprint density at radius 2 is 1.75 bits per heavy atom. The maximum absolute atomic E-state index is 15.2. The number of carboxylic acid groups (broad SMARTS) is 1. The number of hydrogen-bond acceptors (Lipinski definition) is 5. The third-order valence-electron chi connectivity index (χ3n) is 8.15. The molecular weight excluding hydrogens is 630 g/mol. The number of halogens is 3. The van der Waals surface area contributed by atoms with Gasteiger partial charge in [-0.2, -0.15) is 0 Å². The number of hydrogen-bond donors (Lipinski definition) is 1. The highest BCUT2D eigenvalue weighted by atomic mass is 35.5. The Balaban J connectivity index is 1.69. The zero-order chi connectivity index (χ0) is 31.8. The molecule has 1 amide bonds. The number of nitrogens with zero attached hydrogens (tertiary/aromatic N) is 2. The fourth-order valence-electron chi connectivity index (χ4n) is 5.81. The van der Waals surface area contributed by atoms with Crippen molar-refractivity contribution in [2.75, 3.05) is 10.8 Å². The summed E-state index contributed by atoms with van der Waals surface area (Å²) >= 11 is 12.6. The minimum absolute atomic E-state index is 0.110. The molecule has 3 aromatic carbocycles. The number of amides is 1. The summed E-state index contributed by atoms with van der Waals surface area (Å²) < 4.78 is 50.2. The third kappa shape index (κ3) is 6.44. The van der Waals surface area contributed by atoms with E-state index in [1.54, 1.807) is 61.5 Å². The molecule has 44 heavy (non-hydrogen) atoms. The number of morpholine rings is 1. The maximum Gasteiger partial charge on any atom is 0.306 e. The van der Waals surface area contributed by atoms with E-state index in [0.29, 0.717) is 34.0 Å². The van der Waals surface area contributed by atoms with Crippen LogP contribution in [0.15, 0.2) is 72.8 Å². The van der Waals surface area contributed by atoms with Crippen LogP contribution in [0.4, 0.5) is 10.1 Å². The van der Waals surface area contributed by atoms with Crippen molar-refractivity contribution in [3.05, 3.63) is 99.8 Å². The molecular formula is C32H33Cl2FN2O6S. The molecule has 3 aromatic rings. The number of para-hydroxylation sites is 1. The topological polar surface area (TPSA) is 104 Å². The van der Waals surface area contributed by atoms with E-state index in [0.717, 1.165) is 4.31 Å². The molecule has 1 aliphatic heterocycles. The van der Waals surface area contributed by atoms with Gasteiger partial charge in [-0.15, -0.1) is 0 Å². The summed E-state index contributed by atoms with van der Waals surface area (Å²) in [4.78, 5) is 28.1. The first kappa shape index (κ1) is 32.2. The summed E-state index contributed by atoms with van der Waals surface area (Å²) in [6.45, 7) is 2.98.